The lowest BCUT2D eigenvalue weighted by Gasteiger charge is -2.34. The number of aliphatic hydroxyl groups excluding tert-OH is 1. The Bertz CT molecular complexity index is 748. The van der Waals surface area contributed by atoms with E-state index in [-0.39, 0.29) is 5.56 Å². The van der Waals surface area contributed by atoms with Crippen molar-refractivity contribution in [2.45, 2.75) is 18.4 Å². The average molecular weight is 347 g/mol. The molecule has 0 spiro atoms. The van der Waals surface area contributed by atoms with Gasteiger partial charge in [0.25, 0.3) is 0 Å². The molecule has 1 heterocycles. The zero-order valence-electron chi connectivity index (χ0n) is 13.6. The van der Waals surface area contributed by atoms with Gasteiger partial charge in [0.2, 0.25) is 0 Å². The number of hydrogen-bond acceptors (Lipinski definition) is 3. The first-order chi connectivity index (χ1) is 12.1. The SMILES string of the molecule is O=C(O[C@](CO)(c1ccccc1)c1cccc(F)c1F)N1CCCC1. The van der Waals surface area contributed by atoms with Crippen LogP contribution in [0.15, 0.2) is 48.5 Å². The van der Waals surface area contributed by atoms with E-state index in [1.165, 1.54) is 17.0 Å². The molecule has 0 unspecified atom stereocenters. The van der Waals surface area contributed by atoms with Crippen LogP contribution in [0.5, 0.6) is 0 Å². The van der Waals surface area contributed by atoms with Gasteiger partial charge in [0, 0.05) is 24.2 Å². The van der Waals surface area contributed by atoms with E-state index in [1.54, 1.807) is 30.3 Å². The van der Waals surface area contributed by atoms with Crippen LogP contribution in [0.25, 0.3) is 0 Å². The van der Waals surface area contributed by atoms with Crippen molar-refractivity contribution in [3.8, 4) is 0 Å². The normalized spacial score (nSPS) is 16.5. The van der Waals surface area contributed by atoms with E-state index in [4.69, 9.17) is 4.74 Å². The van der Waals surface area contributed by atoms with Crippen molar-refractivity contribution < 1.29 is 23.4 Å². The first kappa shape index (κ1) is 17.4. The van der Waals surface area contributed by atoms with Gasteiger partial charge in [-0.1, -0.05) is 42.5 Å². The van der Waals surface area contributed by atoms with Crippen molar-refractivity contribution in [1.29, 1.82) is 0 Å². The van der Waals surface area contributed by atoms with Gasteiger partial charge in [-0.05, 0) is 18.9 Å². The third kappa shape index (κ3) is 3.22. The molecular formula is C19H19F2NO3. The molecule has 0 aliphatic carbocycles. The Hall–Kier alpha value is -2.47. The number of ether oxygens (including phenoxy) is 1. The van der Waals surface area contributed by atoms with Crippen LogP contribution in [-0.4, -0.2) is 35.8 Å². The minimum Gasteiger partial charge on any atom is -0.430 e. The van der Waals surface area contributed by atoms with Gasteiger partial charge >= 0.3 is 6.09 Å². The van der Waals surface area contributed by atoms with Crippen molar-refractivity contribution in [1.82, 2.24) is 4.90 Å². The highest BCUT2D eigenvalue weighted by Gasteiger charge is 2.42. The number of aliphatic hydroxyl groups is 1. The van der Waals surface area contributed by atoms with Gasteiger partial charge in [0.15, 0.2) is 17.2 Å². The predicted octanol–water partition coefficient (Wildman–Crippen LogP) is 3.43. The van der Waals surface area contributed by atoms with Crippen LogP contribution in [0.4, 0.5) is 13.6 Å². The summed E-state index contributed by atoms with van der Waals surface area (Å²) in [4.78, 5) is 14.0. The first-order valence-electron chi connectivity index (χ1n) is 8.17. The van der Waals surface area contributed by atoms with Crippen molar-refractivity contribution >= 4 is 6.09 Å². The van der Waals surface area contributed by atoms with Crippen LogP contribution < -0.4 is 0 Å². The summed E-state index contributed by atoms with van der Waals surface area (Å²) in [5, 5.41) is 10.1. The fraction of sp³-hybridized carbons (Fsp3) is 0.316. The summed E-state index contributed by atoms with van der Waals surface area (Å²) in [5.74, 6) is -2.21. The van der Waals surface area contributed by atoms with Crippen LogP contribution in [0.1, 0.15) is 24.0 Å². The van der Waals surface area contributed by atoms with E-state index in [2.05, 4.69) is 0 Å². The second-order valence-corrected chi connectivity index (χ2v) is 6.01. The van der Waals surface area contributed by atoms with E-state index in [9.17, 15) is 18.7 Å². The molecular weight excluding hydrogens is 328 g/mol. The van der Waals surface area contributed by atoms with E-state index in [0.29, 0.717) is 18.7 Å². The molecule has 1 atom stereocenters. The number of rotatable bonds is 4. The molecule has 0 radical (unpaired) electrons. The van der Waals surface area contributed by atoms with Crippen molar-refractivity contribution in [2.75, 3.05) is 19.7 Å². The molecule has 1 N–H and O–H groups in total. The lowest BCUT2D eigenvalue weighted by atomic mass is 9.86. The minimum atomic E-state index is -1.81. The summed E-state index contributed by atoms with van der Waals surface area (Å²) in [6, 6.07) is 11.9. The molecule has 0 bridgehead atoms. The zero-order valence-corrected chi connectivity index (χ0v) is 13.6. The summed E-state index contributed by atoms with van der Waals surface area (Å²) in [5.41, 5.74) is -1.66. The standard InChI is InChI=1S/C19H19F2NO3/c20-16-10-6-9-15(17(16)21)19(13-23,14-7-2-1-3-8-14)25-18(24)22-11-4-5-12-22/h1-3,6-10,23H,4-5,11-13H2/t19-/m1/s1. The van der Waals surface area contributed by atoms with Gasteiger partial charge in [-0.2, -0.15) is 0 Å². The number of hydrogen-bond donors (Lipinski definition) is 1. The van der Waals surface area contributed by atoms with E-state index >= 15 is 0 Å². The second-order valence-electron chi connectivity index (χ2n) is 6.01. The number of benzene rings is 2. The Labute approximate surface area is 144 Å². The number of halogens is 2. The molecule has 1 saturated heterocycles. The lowest BCUT2D eigenvalue weighted by molar-refractivity contribution is -0.0218. The highest BCUT2D eigenvalue weighted by molar-refractivity contribution is 5.69. The molecule has 4 nitrogen and oxygen atoms in total. The van der Waals surface area contributed by atoms with Gasteiger partial charge in [0.1, 0.15) is 0 Å². The second kappa shape index (κ2) is 7.19. The molecule has 25 heavy (non-hydrogen) atoms. The summed E-state index contributed by atoms with van der Waals surface area (Å²) in [6.07, 6.45) is 1.07. The van der Waals surface area contributed by atoms with Crippen LogP contribution >= 0.6 is 0 Å². The zero-order chi connectivity index (χ0) is 17.9. The Morgan fingerprint density at radius 1 is 1.08 bits per heavy atom. The fourth-order valence-electron chi connectivity index (χ4n) is 3.11. The van der Waals surface area contributed by atoms with Crippen LogP contribution in [0, 0.1) is 11.6 Å². The quantitative estimate of drug-likeness (QED) is 0.922. The van der Waals surface area contributed by atoms with Crippen LogP contribution in [0.2, 0.25) is 0 Å². The molecule has 0 saturated carbocycles. The summed E-state index contributed by atoms with van der Waals surface area (Å²) in [6.45, 7) is 0.374. The average Bonchev–Trinajstić information content (AvgIpc) is 3.18. The topological polar surface area (TPSA) is 49.8 Å². The number of likely N-dealkylation sites (tertiary alicyclic amines) is 1. The monoisotopic (exact) mass is 347 g/mol. The third-order valence-corrected chi connectivity index (χ3v) is 4.48. The van der Waals surface area contributed by atoms with Gasteiger partial charge in [-0.3, -0.25) is 0 Å². The van der Waals surface area contributed by atoms with Gasteiger partial charge in [-0.15, -0.1) is 0 Å². The maximum Gasteiger partial charge on any atom is 0.411 e. The molecule has 1 aliphatic heterocycles. The maximum absolute atomic E-state index is 14.5. The summed E-state index contributed by atoms with van der Waals surface area (Å²) >= 11 is 0. The number of nitrogens with zero attached hydrogens (tertiary/aromatic N) is 1. The number of amides is 1. The Morgan fingerprint density at radius 3 is 2.40 bits per heavy atom. The smallest absolute Gasteiger partial charge is 0.411 e. The van der Waals surface area contributed by atoms with E-state index in [1.807, 2.05) is 0 Å². The fourth-order valence-corrected chi connectivity index (χ4v) is 3.11. The third-order valence-electron chi connectivity index (χ3n) is 4.48. The molecule has 6 heteroatoms. The van der Waals surface area contributed by atoms with Crippen molar-refractivity contribution in [3.63, 3.8) is 0 Å². The van der Waals surface area contributed by atoms with Crippen molar-refractivity contribution in [3.05, 3.63) is 71.3 Å². The first-order valence-corrected chi connectivity index (χ1v) is 8.17. The Kier molecular flexibility index (Phi) is 4.99. The van der Waals surface area contributed by atoms with Gasteiger partial charge < -0.3 is 14.7 Å². The highest BCUT2D eigenvalue weighted by atomic mass is 19.2. The summed E-state index contributed by atoms with van der Waals surface area (Å²) < 4.78 is 33.9. The lowest BCUT2D eigenvalue weighted by Crippen LogP contribution is -2.42. The van der Waals surface area contributed by atoms with Gasteiger partial charge in [-0.25, -0.2) is 13.6 Å². The highest BCUT2D eigenvalue weighted by Crippen LogP contribution is 2.36. The molecule has 1 amide bonds. The molecule has 1 fully saturated rings. The molecule has 2 aromatic carbocycles. The minimum absolute atomic E-state index is 0.214. The van der Waals surface area contributed by atoms with Crippen LogP contribution in [-0.2, 0) is 10.3 Å². The number of carbonyl (C=O) groups excluding carboxylic acids is 1. The maximum atomic E-state index is 14.5. The molecule has 2 aromatic rings. The Morgan fingerprint density at radius 2 is 1.76 bits per heavy atom. The molecule has 0 aromatic heterocycles. The van der Waals surface area contributed by atoms with Crippen LogP contribution in [0.3, 0.4) is 0 Å². The number of carbonyl (C=O) groups is 1. The van der Waals surface area contributed by atoms with Crippen molar-refractivity contribution in [2.24, 2.45) is 0 Å². The van der Waals surface area contributed by atoms with Gasteiger partial charge in [0.05, 0.1) is 6.61 Å². The molecule has 132 valence electrons. The molecule has 3 rings (SSSR count). The molecule has 1 aliphatic rings. The summed E-state index contributed by atoms with van der Waals surface area (Å²) in [7, 11) is 0. The van der Waals surface area contributed by atoms with E-state index in [0.717, 1.165) is 18.9 Å². The Balaban J connectivity index is 2.10. The predicted molar refractivity (Wildman–Crippen MR) is 88.0 cm³/mol. The van der Waals surface area contributed by atoms with E-state index < -0.39 is 29.9 Å². The largest absolute Gasteiger partial charge is 0.430 e.